The van der Waals surface area contributed by atoms with Crippen molar-refractivity contribution in [1.82, 2.24) is 5.32 Å². The van der Waals surface area contributed by atoms with Crippen LogP contribution in [0.4, 0.5) is 0 Å². The second-order valence-electron chi connectivity index (χ2n) is 6.58. The van der Waals surface area contributed by atoms with E-state index in [1.807, 2.05) is 18.2 Å². The summed E-state index contributed by atoms with van der Waals surface area (Å²) in [5.41, 5.74) is 2.21. The van der Waals surface area contributed by atoms with Crippen LogP contribution in [-0.4, -0.2) is 12.5 Å². The van der Waals surface area contributed by atoms with Crippen molar-refractivity contribution in [3.63, 3.8) is 0 Å². The van der Waals surface area contributed by atoms with Gasteiger partial charge in [-0.25, -0.2) is 0 Å². The number of aryl methyl sites for hydroxylation is 1. The molecule has 3 rings (SSSR count). The normalized spacial score (nSPS) is 23.8. The number of rotatable bonds is 5. The van der Waals surface area contributed by atoms with Crippen LogP contribution in [-0.2, 0) is 11.2 Å². The molecule has 0 aromatic heterocycles. The second-order valence-corrected chi connectivity index (χ2v) is 6.98. The molecule has 0 radical (unpaired) electrons. The highest BCUT2D eigenvalue weighted by atomic mass is 35.5. The molecule has 3 heteroatoms. The number of carbonyl (C=O) groups excluding carboxylic acids is 1. The first-order valence-electron chi connectivity index (χ1n) is 8.45. The number of halogens is 1. The maximum absolute atomic E-state index is 12.4. The molecule has 1 saturated carbocycles. The Kier molecular flexibility index (Phi) is 5.20. The van der Waals surface area contributed by atoms with Crippen LogP contribution in [0.1, 0.15) is 44.1 Å². The molecule has 118 valence electrons. The fourth-order valence-electron chi connectivity index (χ4n) is 3.81. The summed E-state index contributed by atoms with van der Waals surface area (Å²) in [5.74, 6) is 1.50. The minimum absolute atomic E-state index is 0.157. The molecule has 0 spiro atoms. The standard InChI is InChI=1S/C19H24ClNO/c20-18-9-2-1-6-15(18)8-4-12-21-19(22)17-11-10-14-5-3-7-16(17)13-14/h1-2,6,9,11,14,16H,3-5,7-8,10,12-13H2,(H,21,22). The predicted molar refractivity (Wildman–Crippen MR) is 90.9 cm³/mol. The van der Waals surface area contributed by atoms with E-state index in [0.29, 0.717) is 5.92 Å². The Bertz CT molecular complexity index is 566. The third-order valence-corrected chi connectivity index (χ3v) is 5.39. The molecule has 2 atom stereocenters. The first-order valence-corrected chi connectivity index (χ1v) is 8.83. The third kappa shape index (κ3) is 3.73. The minimum atomic E-state index is 0.157. The molecule has 1 amide bonds. The summed E-state index contributed by atoms with van der Waals surface area (Å²) in [6.45, 7) is 0.720. The van der Waals surface area contributed by atoms with Gasteiger partial charge in [0.2, 0.25) is 5.91 Å². The average Bonchev–Trinajstić information content (AvgIpc) is 2.53. The first-order chi connectivity index (χ1) is 10.7. The van der Waals surface area contributed by atoms with Crippen LogP contribution in [0.3, 0.4) is 0 Å². The highest BCUT2D eigenvalue weighted by molar-refractivity contribution is 6.31. The lowest BCUT2D eigenvalue weighted by Crippen LogP contribution is -2.33. The van der Waals surface area contributed by atoms with Crippen molar-refractivity contribution in [2.45, 2.75) is 44.9 Å². The van der Waals surface area contributed by atoms with E-state index in [1.165, 1.54) is 25.7 Å². The summed E-state index contributed by atoms with van der Waals surface area (Å²) in [6.07, 6.45) is 10.2. The number of hydrogen-bond acceptors (Lipinski definition) is 1. The number of fused-ring (bicyclic) bond motifs is 2. The quantitative estimate of drug-likeness (QED) is 0.794. The maximum Gasteiger partial charge on any atom is 0.247 e. The molecule has 2 bridgehead atoms. The molecule has 0 heterocycles. The number of amides is 1. The second kappa shape index (κ2) is 7.32. The van der Waals surface area contributed by atoms with Crippen LogP contribution in [0.15, 0.2) is 35.9 Å². The molecule has 1 fully saturated rings. The Labute approximate surface area is 137 Å². The fraction of sp³-hybridized carbons (Fsp3) is 0.526. The zero-order valence-electron chi connectivity index (χ0n) is 13.0. The van der Waals surface area contributed by atoms with Crippen molar-refractivity contribution in [2.24, 2.45) is 11.8 Å². The van der Waals surface area contributed by atoms with Crippen LogP contribution >= 0.6 is 11.6 Å². The van der Waals surface area contributed by atoms with E-state index in [4.69, 9.17) is 11.6 Å². The molecule has 0 aliphatic heterocycles. The topological polar surface area (TPSA) is 29.1 Å². The molecule has 1 aromatic rings. The van der Waals surface area contributed by atoms with Crippen LogP contribution in [0.5, 0.6) is 0 Å². The molecule has 2 aliphatic carbocycles. The van der Waals surface area contributed by atoms with Gasteiger partial charge in [0.05, 0.1) is 0 Å². The van der Waals surface area contributed by atoms with Crippen LogP contribution < -0.4 is 5.32 Å². The van der Waals surface area contributed by atoms with Crippen molar-refractivity contribution in [3.05, 3.63) is 46.5 Å². The van der Waals surface area contributed by atoms with Crippen LogP contribution in [0.25, 0.3) is 0 Å². The Hall–Kier alpha value is -1.28. The monoisotopic (exact) mass is 317 g/mol. The number of hydrogen-bond donors (Lipinski definition) is 1. The van der Waals surface area contributed by atoms with Gasteiger partial charge >= 0.3 is 0 Å². The van der Waals surface area contributed by atoms with Gasteiger partial charge in [0.1, 0.15) is 0 Å². The highest BCUT2D eigenvalue weighted by Gasteiger charge is 2.30. The van der Waals surface area contributed by atoms with Crippen LogP contribution in [0, 0.1) is 11.8 Å². The van der Waals surface area contributed by atoms with Crippen molar-refractivity contribution in [2.75, 3.05) is 6.54 Å². The molecule has 2 aliphatic rings. The van der Waals surface area contributed by atoms with Crippen LogP contribution in [0.2, 0.25) is 5.02 Å². The van der Waals surface area contributed by atoms with Crippen molar-refractivity contribution in [3.8, 4) is 0 Å². The molecule has 22 heavy (non-hydrogen) atoms. The number of benzene rings is 1. The molecular weight excluding hydrogens is 294 g/mol. The lowest BCUT2D eigenvalue weighted by atomic mass is 9.72. The SMILES string of the molecule is O=C(NCCCc1ccccc1Cl)C1=CCC2CCCC1C2. The number of carbonyl (C=O) groups is 1. The summed E-state index contributed by atoms with van der Waals surface area (Å²) < 4.78 is 0. The summed E-state index contributed by atoms with van der Waals surface area (Å²) >= 11 is 6.15. The Morgan fingerprint density at radius 3 is 3.00 bits per heavy atom. The van der Waals surface area contributed by atoms with E-state index in [-0.39, 0.29) is 5.91 Å². The van der Waals surface area contributed by atoms with Gasteiger partial charge in [-0.05, 0) is 55.6 Å². The number of nitrogens with one attached hydrogen (secondary N) is 1. The van der Waals surface area contributed by atoms with Gasteiger partial charge in [0.25, 0.3) is 0 Å². The number of allylic oxidation sites excluding steroid dienone is 1. The zero-order valence-corrected chi connectivity index (χ0v) is 13.7. The Balaban J connectivity index is 1.46. The van der Waals surface area contributed by atoms with E-state index in [0.717, 1.165) is 47.9 Å². The van der Waals surface area contributed by atoms with E-state index >= 15 is 0 Å². The van der Waals surface area contributed by atoms with E-state index < -0.39 is 0 Å². The fourth-order valence-corrected chi connectivity index (χ4v) is 4.04. The van der Waals surface area contributed by atoms with Crippen molar-refractivity contribution in [1.29, 1.82) is 0 Å². The van der Waals surface area contributed by atoms with Crippen molar-refractivity contribution >= 4 is 17.5 Å². The van der Waals surface area contributed by atoms with Gasteiger partial charge in [0, 0.05) is 17.1 Å². The Morgan fingerprint density at radius 2 is 2.14 bits per heavy atom. The third-order valence-electron chi connectivity index (χ3n) is 5.02. The van der Waals surface area contributed by atoms with E-state index in [1.54, 1.807) is 0 Å². The average molecular weight is 318 g/mol. The lowest BCUT2D eigenvalue weighted by Gasteiger charge is -2.34. The summed E-state index contributed by atoms with van der Waals surface area (Å²) in [4.78, 5) is 12.4. The summed E-state index contributed by atoms with van der Waals surface area (Å²) in [6, 6.07) is 7.92. The molecule has 0 saturated heterocycles. The summed E-state index contributed by atoms with van der Waals surface area (Å²) in [5, 5.41) is 3.91. The highest BCUT2D eigenvalue weighted by Crippen LogP contribution is 2.39. The first kappa shape index (κ1) is 15.6. The predicted octanol–water partition coefficient (Wildman–Crippen LogP) is 4.53. The smallest absolute Gasteiger partial charge is 0.247 e. The van der Waals surface area contributed by atoms with Gasteiger partial charge in [-0.2, -0.15) is 0 Å². The van der Waals surface area contributed by atoms with Gasteiger partial charge in [0.15, 0.2) is 0 Å². The van der Waals surface area contributed by atoms with Crippen molar-refractivity contribution < 1.29 is 4.79 Å². The minimum Gasteiger partial charge on any atom is -0.352 e. The van der Waals surface area contributed by atoms with Gasteiger partial charge in [-0.1, -0.05) is 48.7 Å². The maximum atomic E-state index is 12.4. The molecule has 1 aromatic carbocycles. The van der Waals surface area contributed by atoms with E-state index in [9.17, 15) is 4.79 Å². The van der Waals surface area contributed by atoms with Gasteiger partial charge in [-0.15, -0.1) is 0 Å². The molecule has 2 unspecified atom stereocenters. The van der Waals surface area contributed by atoms with Gasteiger partial charge < -0.3 is 5.32 Å². The largest absolute Gasteiger partial charge is 0.352 e. The van der Waals surface area contributed by atoms with E-state index in [2.05, 4.69) is 17.5 Å². The molecular formula is C19H24ClNO. The summed E-state index contributed by atoms with van der Waals surface area (Å²) in [7, 11) is 0. The molecule has 1 N–H and O–H groups in total. The van der Waals surface area contributed by atoms with Gasteiger partial charge in [-0.3, -0.25) is 4.79 Å². The lowest BCUT2D eigenvalue weighted by molar-refractivity contribution is -0.118. The Morgan fingerprint density at radius 1 is 1.27 bits per heavy atom. The molecule has 2 nitrogen and oxygen atoms in total. The zero-order chi connectivity index (χ0) is 15.4.